The number of nitrogens with two attached hydrogens (primary N) is 1. The van der Waals surface area contributed by atoms with E-state index >= 15 is 0 Å². The molecule has 1 saturated carbocycles. The molecular weight excluding hydrogens is 284 g/mol. The van der Waals surface area contributed by atoms with Crippen molar-refractivity contribution < 1.29 is 13.2 Å². The van der Waals surface area contributed by atoms with Gasteiger partial charge in [0.25, 0.3) is 0 Å². The van der Waals surface area contributed by atoms with Crippen molar-refractivity contribution in [3.05, 3.63) is 0 Å². The fourth-order valence-electron chi connectivity index (χ4n) is 2.60. The molecule has 0 aromatic rings. The normalized spacial score (nSPS) is 20.5. The van der Waals surface area contributed by atoms with Gasteiger partial charge in [0, 0.05) is 12.3 Å². The highest BCUT2D eigenvalue weighted by Crippen LogP contribution is 2.37. The van der Waals surface area contributed by atoms with Crippen LogP contribution in [0.2, 0.25) is 0 Å². The number of hydrogen-bond donors (Lipinski definition) is 2. The summed E-state index contributed by atoms with van der Waals surface area (Å²) >= 11 is 5.07. The van der Waals surface area contributed by atoms with E-state index in [1.807, 2.05) is 0 Å². The molecule has 0 heterocycles. The molecule has 5 nitrogen and oxygen atoms in total. The monoisotopic (exact) mass is 306 g/mol. The maximum absolute atomic E-state index is 12.4. The van der Waals surface area contributed by atoms with Crippen molar-refractivity contribution in [2.45, 2.75) is 45.1 Å². The summed E-state index contributed by atoms with van der Waals surface area (Å²) in [5, 5.41) is 2.74. The second kappa shape index (κ2) is 6.17. The van der Waals surface area contributed by atoms with Gasteiger partial charge in [0.1, 0.15) is 9.84 Å². The first-order chi connectivity index (χ1) is 8.67. The van der Waals surface area contributed by atoms with E-state index in [0.29, 0.717) is 12.8 Å². The molecule has 1 rings (SSSR count). The number of rotatable bonds is 5. The van der Waals surface area contributed by atoms with Gasteiger partial charge < -0.3 is 11.1 Å². The largest absolute Gasteiger partial charge is 0.392 e. The summed E-state index contributed by atoms with van der Waals surface area (Å²) in [4.78, 5) is 12.6. The van der Waals surface area contributed by atoms with Crippen LogP contribution in [0.4, 0.5) is 0 Å². The van der Waals surface area contributed by atoms with E-state index in [1.165, 1.54) is 0 Å². The standard InChI is InChI=1S/C12H22N2O3S2/c1-9(8-19(2,16)17)14-11(15)12(10(13)18)6-4-3-5-7-12/h9H,3-8H2,1-2H3,(H2,13,18)(H,14,15). The molecule has 1 unspecified atom stereocenters. The molecule has 0 saturated heterocycles. The minimum atomic E-state index is -3.12. The summed E-state index contributed by atoms with van der Waals surface area (Å²) < 4.78 is 22.4. The quantitative estimate of drug-likeness (QED) is 0.732. The van der Waals surface area contributed by atoms with Gasteiger partial charge in [0.05, 0.1) is 16.2 Å². The zero-order chi connectivity index (χ0) is 14.7. The van der Waals surface area contributed by atoms with Crippen molar-refractivity contribution in [2.75, 3.05) is 12.0 Å². The Bertz CT molecular complexity index is 454. The zero-order valence-corrected chi connectivity index (χ0v) is 13.1. The second-order valence-electron chi connectivity index (χ2n) is 5.47. The zero-order valence-electron chi connectivity index (χ0n) is 11.4. The fraction of sp³-hybridized carbons (Fsp3) is 0.833. The van der Waals surface area contributed by atoms with E-state index in [1.54, 1.807) is 6.92 Å². The molecule has 19 heavy (non-hydrogen) atoms. The minimum absolute atomic E-state index is 0.0772. The lowest BCUT2D eigenvalue weighted by Crippen LogP contribution is -2.53. The van der Waals surface area contributed by atoms with Crippen LogP contribution in [-0.4, -0.2) is 37.4 Å². The third kappa shape index (κ3) is 4.42. The summed E-state index contributed by atoms with van der Waals surface area (Å²) in [6.45, 7) is 1.68. The Labute approximate surface area is 120 Å². The Balaban J connectivity index is 2.76. The average Bonchev–Trinajstić information content (AvgIpc) is 2.26. The molecule has 110 valence electrons. The van der Waals surface area contributed by atoms with Gasteiger partial charge in [0.15, 0.2) is 0 Å². The Hall–Kier alpha value is -0.690. The van der Waals surface area contributed by atoms with Crippen LogP contribution < -0.4 is 11.1 Å². The predicted octanol–water partition coefficient (Wildman–Crippen LogP) is 0.772. The van der Waals surface area contributed by atoms with Crippen LogP contribution in [0.5, 0.6) is 0 Å². The molecule has 0 aliphatic heterocycles. The maximum atomic E-state index is 12.4. The van der Waals surface area contributed by atoms with Crippen LogP contribution in [0.15, 0.2) is 0 Å². The van der Waals surface area contributed by atoms with Crippen LogP contribution in [0.1, 0.15) is 39.0 Å². The van der Waals surface area contributed by atoms with Crippen molar-refractivity contribution in [3.63, 3.8) is 0 Å². The third-order valence-corrected chi connectivity index (χ3v) is 5.04. The number of hydrogen-bond acceptors (Lipinski definition) is 4. The van der Waals surface area contributed by atoms with E-state index in [0.717, 1.165) is 25.5 Å². The first kappa shape index (κ1) is 16.4. The number of thiocarbonyl (C=S) groups is 1. The number of carbonyl (C=O) groups excluding carboxylic acids is 1. The molecule has 3 N–H and O–H groups in total. The van der Waals surface area contributed by atoms with Crippen molar-refractivity contribution in [1.82, 2.24) is 5.32 Å². The van der Waals surface area contributed by atoms with Gasteiger partial charge in [0.2, 0.25) is 5.91 Å². The highest BCUT2D eigenvalue weighted by atomic mass is 32.2. The van der Waals surface area contributed by atoms with Crippen LogP contribution in [0.25, 0.3) is 0 Å². The Morgan fingerprint density at radius 1 is 1.37 bits per heavy atom. The summed E-state index contributed by atoms with van der Waals surface area (Å²) in [6, 6.07) is -0.435. The smallest absolute Gasteiger partial charge is 0.233 e. The minimum Gasteiger partial charge on any atom is -0.392 e. The molecule has 1 fully saturated rings. The van der Waals surface area contributed by atoms with Crippen LogP contribution in [0, 0.1) is 5.41 Å². The van der Waals surface area contributed by atoms with Crippen molar-refractivity contribution in [2.24, 2.45) is 11.1 Å². The lowest BCUT2D eigenvalue weighted by Gasteiger charge is -2.35. The van der Waals surface area contributed by atoms with Gasteiger partial charge in [-0.1, -0.05) is 31.5 Å². The van der Waals surface area contributed by atoms with E-state index < -0.39 is 21.3 Å². The van der Waals surface area contributed by atoms with Crippen molar-refractivity contribution in [1.29, 1.82) is 0 Å². The highest BCUT2D eigenvalue weighted by molar-refractivity contribution is 7.90. The SMILES string of the molecule is CC(CS(C)(=O)=O)NC(=O)C1(C(N)=S)CCCCC1. The third-order valence-electron chi connectivity index (χ3n) is 3.54. The van der Waals surface area contributed by atoms with Crippen molar-refractivity contribution >= 4 is 33.0 Å². The maximum Gasteiger partial charge on any atom is 0.233 e. The van der Waals surface area contributed by atoms with Crippen LogP contribution in [0.3, 0.4) is 0 Å². The predicted molar refractivity (Wildman–Crippen MR) is 79.6 cm³/mol. The first-order valence-corrected chi connectivity index (χ1v) is 8.93. The Kier molecular flexibility index (Phi) is 5.32. The van der Waals surface area contributed by atoms with Gasteiger partial charge in [-0.05, 0) is 19.8 Å². The molecular formula is C12H22N2O3S2. The van der Waals surface area contributed by atoms with Gasteiger partial charge in [-0.15, -0.1) is 0 Å². The van der Waals surface area contributed by atoms with E-state index in [9.17, 15) is 13.2 Å². The van der Waals surface area contributed by atoms with Gasteiger partial charge in [-0.25, -0.2) is 8.42 Å². The number of carbonyl (C=O) groups is 1. The van der Waals surface area contributed by atoms with Crippen LogP contribution >= 0.6 is 12.2 Å². The summed E-state index contributed by atoms with van der Waals surface area (Å²) in [7, 11) is -3.12. The molecule has 0 spiro atoms. The number of nitrogens with one attached hydrogen (secondary N) is 1. The van der Waals surface area contributed by atoms with Gasteiger partial charge in [-0.3, -0.25) is 4.79 Å². The fourth-order valence-corrected chi connectivity index (χ4v) is 3.89. The Morgan fingerprint density at radius 2 is 1.89 bits per heavy atom. The molecule has 7 heteroatoms. The molecule has 1 atom stereocenters. The van der Waals surface area contributed by atoms with Crippen LogP contribution in [-0.2, 0) is 14.6 Å². The molecule has 0 bridgehead atoms. The molecule has 0 aromatic carbocycles. The molecule has 0 aromatic heterocycles. The lowest BCUT2D eigenvalue weighted by atomic mass is 9.73. The molecule has 1 aliphatic carbocycles. The van der Waals surface area contributed by atoms with E-state index in [-0.39, 0.29) is 16.6 Å². The highest BCUT2D eigenvalue weighted by Gasteiger charge is 2.42. The summed E-state index contributed by atoms with van der Waals surface area (Å²) in [6.07, 6.45) is 5.38. The molecule has 1 amide bonds. The summed E-state index contributed by atoms with van der Waals surface area (Å²) in [5.74, 6) is -0.303. The van der Waals surface area contributed by atoms with E-state index in [4.69, 9.17) is 18.0 Å². The Morgan fingerprint density at radius 3 is 2.32 bits per heavy atom. The topological polar surface area (TPSA) is 89.3 Å². The number of sulfone groups is 1. The second-order valence-corrected chi connectivity index (χ2v) is 8.10. The first-order valence-electron chi connectivity index (χ1n) is 6.46. The summed E-state index contributed by atoms with van der Waals surface area (Å²) in [5.41, 5.74) is 4.97. The molecule has 1 aliphatic rings. The molecule has 0 radical (unpaired) electrons. The van der Waals surface area contributed by atoms with Gasteiger partial charge >= 0.3 is 0 Å². The van der Waals surface area contributed by atoms with Gasteiger partial charge in [-0.2, -0.15) is 0 Å². The van der Waals surface area contributed by atoms with E-state index in [2.05, 4.69) is 5.32 Å². The average molecular weight is 306 g/mol. The number of amides is 1. The van der Waals surface area contributed by atoms with Crippen molar-refractivity contribution in [3.8, 4) is 0 Å². The lowest BCUT2D eigenvalue weighted by molar-refractivity contribution is -0.129.